The van der Waals surface area contributed by atoms with Gasteiger partial charge in [-0.25, -0.2) is 0 Å². The fourth-order valence-corrected chi connectivity index (χ4v) is 1.68. The maximum absolute atomic E-state index is 10.4. The maximum Gasteiger partial charge on any atom is 0.303 e. The molecule has 2 atom stereocenters. The van der Waals surface area contributed by atoms with Gasteiger partial charge in [0, 0.05) is 19.0 Å². The van der Waals surface area contributed by atoms with Crippen LogP contribution in [0, 0.1) is 5.92 Å². The van der Waals surface area contributed by atoms with Gasteiger partial charge in [-0.05, 0) is 25.9 Å². The van der Waals surface area contributed by atoms with Gasteiger partial charge >= 0.3 is 5.97 Å². The first-order valence-corrected chi connectivity index (χ1v) is 4.25. The first-order chi connectivity index (χ1) is 5.59. The molecule has 0 spiro atoms. The number of likely N-dealkylation sites (N-methyl/N-ethyl adjacent to an activating group) is 1. The van der Waals surface area contributed by atoms with Gasteiger partial charge in [-0.1, -0.05) is 0 Å². The van der Waals surface area contributed by atoms with Gasteiger partial charge in [0.1, 0.15) is 0 Å². The third-order valence-corrected chi connectivity index (χ3v) is 2.45. The molecule has 1 aliphatic heterocycles. The molecule has 0 aromatic heterocycles. The molecule has 3 N–H and O–H groups in total. The molecular formula is C8H16N2O2. The van der Waals surface area contributed by atoms with Crippen LogP contribution in [0.15, 0.2) is 0 Å². The molecule has 70 valence electrons. The molecule has 4 heteroatoms. The zero-order chi connectivity index (χ0) is 9.14. The highest BCUT2D eigenvalue weighted by Gasteiger charge is 2.26. The Labute approximate surface area is 72.3 Å². The van der Waals surface area contributed by atoms with Crippen LogP contribution < -0.4 is 5.73 Å². The minimum Gasteiger partial charge on any atom is -0.481 e. The smallest absolute Gasteiger partial charge is 0.303 e. The Kier molecular flexibility index (Phi) is 3.05. The van der Waals surface area contributed by atoms with Crippen LogP contribution in [0.5, 0.6) is 0 Å². The molecule has 4 nitrogen and oxygen atoms in total. The molecule has 1 rings (SSSR count). The first kappa shape index (κ1) is 9.48. The van der Waals surface area contributed by atoms with Gasteiger partial charge in [0.05, 0.1) is 0 Å². The van der Waals surface area contributed by atoms with Crippen LogP contribution in [0.1, 0.15) is 12.8 Å². The normalized spacial score (nSPS) is 31.8. The average molecular weight is 172 g/mol. The number of rotatable bonds is 2. The fourth-order valence-electron chi connectivity index (χ4n) is 1.68. The molecule has 0 saturated carbocycles. The van der Waals surface area contributed by atoms with Crippen molar-refractivity contribution in [2.45, 2.75) is 18.9 Å². The molecule has 0 bridgehead atoms. The minimum absolute atomic E-state index is 0.0276. The van der Waals surface area contributed by atoms with E-state index >= 15 is 0 Å². The molecule has 1 heterocycles. The Bertz CT molecular complexity index is 172. The Morgan fingerprint density at radius 1 is 1.75 bits per heavy atom. The van der Waals surface area contributed by atoms with E-state index in [4.69, 9.17) is 10.8 Å². The van der Waals surface area contributed by atoms with E-state index in [1.807, 2.05) is 7.05 Å². The molecule has 0 unspecified atom stereocenters. The summed E-state index contributed by atoms with van der Waals surface area (Å²) < 4.78 is 0. The third-order valence-electron chi connectivity index (χ3n) is 2.45. The lowest BCUT2D eigenvalue weighted by Crippen LogP contribution is -2.47. The number of hydrogen-bond acceptors (Lipinski definition) is 3. The molecule has 0 aromatic carbocycles. The molecule has 0 aliphatic carbocycles. The topological polar surface area (TPSA) is 66.6 Å². The number of carbonyl (C=O) groups is 1. The summed E-state index contributed by atoms with van der Waals surface area (Å²) in [7, 11) is 2.01. The predicted octanol–water partition coefficient (Wildman–Crippen LogP) is -0.260. The highest BCUT2D eigenvalue weighted by molar-refractivity contribution is 5.67. The Morgan fingerprint density at radius 3 is 2.92 bits per heavy atom. The van der Waals surface area contributed by atoms with Crippen molar-refractivity contribution in [3.8, 4) is 0 Å². The number of hydrogen-bond donors (Lipinski definition) is 2. The van der Waals surface area contributed by atoms with Gasteiger partial charge in [-0.15, -0.1) is 0 Å². The predicted molar refractivity (Wildman–Crippen MR) is 45.8 cm³/mol. The van der Waals surface area contributed by atoms with Gasteiger partial charge < -0.3 is 15.7 Å². The number of nitrogens with two attached hydrogens (primary N) is 1. The SMILES string of the molecule is CN1CC[C@H](CC(=O)O)[C@@H](N)C1. The van der Waals surface area contributed by atoms with Crippen molar-refractivity contribution in [3.05, 3.63) is 0 Å². The van der Waals surface area contributed by atoms with E-state index in [0.29, 0.717) is 0 Å². The van der Waals surface area contributed by atoms with Crippen LogP contribution in [-0.4, -0.2) is 42.2 Å². The Hall–Kier alpha value is -0.610. The largest absolute Gasteiger partial charge is 0.481 e. The molecule has 0 radical (unpaired) electrons. The van der Waals surface area contributed by atoms with Gasteiger partial charge in [-0.2, -0.15) is 0 Å². The molecular weight excluding hydrogens is 156 g/mol. The summed E-state index contributed by atoms with van der Waals surface area (Å²) >= 11 is 0. The van der Waals surface area contributed by atoms with Crippen LogP contribution in [0.4, 0.5) is 0 Å². The van der Waals surface area contributed by atoms with E-state index in [0.717, 1.165) is 19.5 Å². The third kappa shape index (κ3) is 2.46. The van der Waals surface area contributed by atoms with Crippen LogP contribution in [-0.2, 0) is 4.79 Å². The maximum atomic E-state index is 10.4. The van der Waals surface area contributed by atoms with E-state index < -0.39 is 5.97 Å². The molecule has 1 aliphatic rings. The highest BCUT2D eigenvalue weighted by atomic mass is 16.4. The highest BCUT2D eigenvalue weighted by Crippen LogP contribution is 2.18. The quantitative estimate of drug-likeness (QED) is 0.602. The standard InChI is InChI=1S/C8H16N2O2/c1-10-3-2-6(4-8(11)12)7(9)5-10/h6-7H,2-5,9H2,1H3,(H,11,12)/t6-,7+/m1/s1. The van der Waals surface area contributed by atoms with E-state index in [9.17, 15) is 4.79 Å². The summed E-state index contributed by atoms with van der Waals surface area (Å²) in [6.07, 6.45) is 1.12. The lowest BCUT2D eigenvalue weighted by Gasteiger charge is -2.33. The number of aliphatic carboxylic acids is 1. The molecule has 12 heavy (non-hydrogen) atoms. The van der Waals surface area contributed by atoms with Crippen molar-refractivity contribution in [3.63, 3.8) is 0 Å². The van der Waals surface area contributed by atoms with Crippen molar-refractivity contribution in [1.82, 2.24) is 4.90 Å². The minimum atomic E-state index is -0.736. The summed E-state index contributed by atoms with van der Waals surface area (Å²) in [5.41, 5.74) is 5.81. The van der Waals surface area contributed by atoms with Crippen molar-refractivity contribution < 1.29 is 9.90 Å². The summed E-state index contributed by atoms with van der Waals surface area (Å²) in [5, 5.41) is 8.58. The second-order valence-electron chi connectivity index (χ2n) is 3.57. The van der Waals surface area contributed by atoms with Gasteiger partial charge in [0.25, 0.3) is 0 Å². The van der Waals surface area contributed by atoms with E-state index in [2.05, 4.69) is 4.90 Å². The second kappa shape index (κ2) is 3.87. The lowest BCUT2D eigenvalue weighted by atomic mass is 9.90. The van der Waals surface area contributed by atoms with Crippen molar-refractivity contribution in [1.29, 1.82) is 0 Å². The van der Waals surface area contributed by atoms with Crippen LogP contribution >= 0.6 is 0 Å². The molecule has 1 fully saturated rings. The summed E-state index contributed by atoms with van der Waals surface area (Å²) in [6.45, 7) is 1.78. The number of nitrogens with zero attached hydrogens (tertiary/aromatic N) is 1. The Balaban J connectivity index is 2.39. The fraction of sp³-hybridized carbons (Fsp3) is 0.875. The monoisotopic (exact) mass is 172 g/mol. The lowest BCUT2D eigenvalue weighted by molar-refractivity contribution is -0.138. The zero-order valence-corrected chi connectivity index (χ0v) is 7.36. The van der Waals surface area contributed by atoms with E-state index in [1.54, 1.807) is 0 Å². The van der Waals surface area contributed by atoms with E-state index in [-0.39, 0.29) is 18.4 Å². The van der Waals surface area contributed by atoms with Crippen molar-refractivity contribution >= 4 is 5.97 Å². The molecule has 0 aromatic rings. The Morgan fingerprint density at radius 2 is 2.42 bits per heavy atom. The van der Waals surface area contributed by atoms with E-state index in [1.165, 1.54) is 0 Å². The number of likely N-dealkylation sites (tertiary alicyclic amines) is 1. The number of carboxylic acids is 1. The zero-order valence-electron chi connectivity index (χ0n) is 7.36. The average Bonchev–Trinajstić information content (AvgIpc) is 1.94. The van der Waals surface area contributed by atoms with Gasteiger partial charge in [0.15, 0.2) is 0 Å². The van der Waals surface area contributed by atoms with Gasteiger partial charge in [0.2, 0.25) is 0 Å². The summed E-state index contributed by atoms with van der Waals surface area (Å²) in [6, 6.07) is 0.0276. The second-order valence-corrected chi connectivity index (χ2v) is 3.57. The summed E-state index contributed by atoms with van der Waals surface area (Å²) in [5.74, 6) is -0.571. The molecule has 1 saturated heterocycles. The summed E-state index contributed by atoms with van der Waals surface area (Å²) in [4.78, 5) is 12.6. The van der Waals surface area contributed by atoms with Crippen LogP contribution in [0.3, 0.4) is 0 Å². The number of piperidine rings is 1. The first-order valence-electron chi connectivity index (χ1n) is 4.25. The number of carboxylic acid groups (broad SMARTS) is 1. The van der Waals surface area contributed by atoms with Gasteiger partial charge in [-0.3, -0.25) is 4.79 Å². The molecule has 0 amide bonds. The van der Waals surface area contributed by atoms with Crippen LogP contribution in [0.2, 0.25) is 0 Å². The van der Waals surface area contributed by atoms with Crippen molar-refractivity contribution in [2.24, 2.45) is 11.7 Å². The van der Waals surface area contributed by atoms with Crippen LogP contribution in [0.25, 0.3) is 0 Å². The van der Waals surface area contributed by atoms with Crippen molar-refractivity contribution in [2.75, 3.05) is 20.1 Å².